The zero-order valence-electron chi connectivity index (χ0n) is 16.9. The fourth-order valence-electron chi connectivity index (χ4n) is 3.28. The van der Waals surface area contributed by atoms with Gasteiger partial charge in [0.15, 0.2) is 11.6 Å². The van der Waals surface area contributed by atoms with Gasteiger partial charge in [-0.3, -0.25) is 14.4 Å². The smallest absolute Gasteiger partial charge is 0.255 e. The van der Waals surface area contributed by atoms with Gasteiger partial charge >= 0.3 is 0 Å². The molecule has 1 amide bonds. The van der Waals surface area contributed by atoms with Crippen LogP contribution in [0.1, 0.15) is 42.2 Å². The van der Waals surface area contributed by atoms with E-state index in [0.29, 0.717) is 38.5 Å². The number of ketones is 2. The fraction of sp³-hybridized carbons (Fsp3) is 0. The Morgan fingerprint density at radius 3 is 1.66 bits per heavy atom. The van der Waals surface area contributed by atoms with Crippen LogP contribution in [0, 0.1) is 0 Å². The Hall–Kier alpha value is -4.02. The lowest BCUT2D eigenvalue weighted by Gasteiger charge is -2.12. The zero-order valence-corrected chi connectivity index (χ0v) is 17.7. The third kappa shape index (κ3) is 4.66. The van der Waals surface area contributed by atoms with Crippen molar-refractivity contribution in [1.82, 2.24) is 0 Å². The molecule has 0 bridgehead atoms. The molecule has 0 aliphatic heterocycles. The highest BCUT2D eigenvalue weighted by atomic mass is 35.5. The normalized spacial score (nSPS) is 10.4. The molecule has 0 unspecified atom stereocenters. The highest BCUT2D eigenvalue weighted by molar-refractivity contribution is 6.31. The van der Waals surface area contributed by atoms with Crippen molar-refractivity contribution in [2.45, 2.75) is 0 Å². The van der Waals surface area contributed by atoms with Crippen molar-refractivity contribution in [3.8, 4) is 0 Å². The second kappa shape index (κ2) is 9.41. The van der Waals surface area contributed by atoms with Crippen molar-refractivity contribution in [1.29, 1.82) is 0 Å². The number of anilines is 1. The standard InChI is InChI=1S/C27H18ClNO3/c28-22-15-16-24(23(17-22)26(31)19-9-5-2-6-10-19)29-27(32)21-13-11-20(12-14-21)25(30)18-7-3-1-4-8-18/h1-17H,(H,29,32). The van der Waals surface area contributed by atoms with Gasteiger partial charge in [-0.2, -0.15) is 0 Å². The van der Waals surface area contributed by atoms with Gasteiger partial charge in [-0.15, -0.1) is 0 Å². The van der Waals surface area contributed by atoms with Gasteiger partial charge < -0.3 is 5.32 Å². The minimum Gasteiger partial charge on any atom is -0.321 e. The molecule has 156 valence electrons. The second-order valence-corrected chi connectivity index (χ2v) is 7.55. The Kier molecular flexibility index (Phi) is 6.24. The number of carbonyl (C=O) groups is 3. The molecule has 4 aromatic carbocycles. The predicted octanol–water partition coefficient (Wildman–Crippen LogP) is 6.05. The van der Waals surface area contributed by atoms with Crippen molar-refractivity contribution in [3.63, 3.8) is 0 Å². The lowest BCUT2D eigenvalue weighted by Crippen LogP contribution is -2.15. The summed E-state index contributed by atoms with van der Waals surface area (Å²) in [7, 11) is 0. The van der Waals surface area contributed by atoms with Gasteiger partial charge in [0.1, 0.15) is 0 Å². The van der Waals surface area contributed by atoms with Crippen LogP contribution in [0.25, 0.3) is 0 Å². The molecule has 0 spiro atoms. The monoisotopic (exact) mass is 439 g/mol. The molecule has 0 fully saturated rings. The largest absolute Gasteiger partial charge is 0.321 e. The van der Waals surface area contributed by atoms with Crippen LogP contribution in [0.5, 0.6) is 0 Å². The predicted molar refractivity (Wildman–Crippen MR) is 126 cm³/mol. The number of amides is 1. The van der Waals surface area contributed by atoms with Gasteiger partial charge in [-0.25, -0.2) is 0 Å². The van der Waals surface area contributed by atoms with Crippen LogP contribution in [0.4, 0.5) is 5.69 Å². The Balaban J connectivity index is 1.56. The molecule has 0 aromatic heterocycles. The van der Waals surface area contributed by atoms with E-state index in [1.807, 2.05) is 12.1 Å². The van der Waals surface area contributed by atoms with Crippen LogP contribution in [0.15, 0.2) is 103 Å². The van der Waals surface area contributed by atoms with Crippen molar-refractivity contribution in [2.75, 3.05) is 5.32 Å². The summed E-state index contributed by atoms with van der Waals surface area (Å²) in [6.45, 7) is 0. The van der Waals surface area contributed by atoms with Gasteiger partial charge in [0.05, 0.1) is 5.69 Å². The van der Waals surface area contributed by atoms with E-state index in [1.165, 1.54) is 6.07 Å². The number of nitrogens with one attached hydrogen (secondary N) is 1. The third-order valence-electron chi connectivity index (χ3n) is 4.96. The van der Waals surface area contributed by atoms with E-state index in [-0.39, 0.29) is 11.6 Å². The van der Waals surface area contributed by atoms with E-state index in [0.717, 1.165) is 0 Å². The lowest BCUT2D eigenvalue weighted by atomic mass is 10.0. The highest BCUT2D eigenvalue weighted by Gasteiger charge is 2.17. The van der Waals surface area contributed by atoms with Gasteiger partial charge in [-0.05, 0) is 30.3 Å². The summed E-state index contributed by atoms with van der Waals surface area (Å²) in [5.41, 5.74) is 2.58. The number of hydrogen-bond acceptors (Lipinski definition) is 3. The SMILES string of the molecule is O=C(Nc1ccc(Cl)cc1C(=O)c1ccccc1)c1ccc(C(=O)c2ccccc2)cc1. The van der Waals surface area contributed by atoms with E-state index >= 15 is 0 Å². The maximum Gasteiger partial charge on any atom is 0.255 e. The minimum absolute atomic E-state index is 0.119. The number of carbonyl (C=O) groups excluding carboxylic acids is 3. The molecule has 0 atom stereocenters. The van der Waals surface area contributed by atoms with E-state index in [1.54, 1.807) is 84.9 Å². The summed E-state index contributed by atoms with van der Waals surface area (Å²) >= 11 is 6.10. The lowest BCUT2D eigenvalue weighted by molar-refractivity contribution is 0.101. The maximum absolute atomic E-state index is 12.9. The first-order chi connectivity index (χ1) is 15.5. The van der Waals surface area contributed by atoms with Crippen molar-refractivity contribution >= 4 is 34.8 Å². The molecular weight excluding hydrogens is 422 g/mol. The number of hydrogen-bond donors (Lipinski definition) is 1. The summed E-state index contributed by atoms with van der Waals surface area (Å²) < 4.78 is 0. The third-order valence-corrected chi connectivity index (χ3v) is 5.19. The van der Waals surface area contributed by atoms with E-state index < -0.39 is 5.91 Å². The summed E-state index contributed by atoms with van der Waals surface area (Å²) in [5, 5.41) is 3.18. The molecule has 4 rings (SSSR count). The molecule has 1 N–H and O–H groups in total. The molecule has 0 saturated carbocycles. The molecular formula is C27H18ClNO3. The Morgan fingerprint density at radius 2 is 1.06 bits per heavy atom. The average Bonchev–Trinajstić information content (AvgIpc) is 2.85. The molecule has 0 saturated heterocycles. The van der Waals surface area contributed by atoms with Crippen molar-refractivity contribution in [2.24, 2.45) is 0 Å². The molecule has 4 nitrogen and oxygen atoms in total. The van der Waals surface area contributed by atoms with E-state index in [9.17, 15) is 14.4 Å². The first-order valence-electron chi connectivity index (χ1n) is 9.93. The van der Waals surface area contributed by atoms with Gasteiger partial charge in [0, 0.05) is 32.8 Å². The molecule has 0 heterocycles. The van der Waals surface area contributed by atoms with Crippen molar-refractivity contribution < 1.29 is 14.4 Å². The zero-order chi connectivity index (χ0) is 22.5. The van der Waals surface area contributed by atoms with Crippen LogP contribution in [-0.2, 0) is 0 Å². The topological polar surface area (TPSA) is 63.2 Å². The van der Waals surface area contributed by atoms with Crippen LogP contribution >= 0.6 is 11.6 Å². The summed E-state index contributed by atoms with van der Waals surface area (Å²) in [6, 6.07) is 28.9. The number of benzene rings is 4. The molecule has 0 radical (unpaired) electrons. The van der Waals surface area contributed by atoms with E-state index in [2.05, 4.69) is 5.32 Å². The van der Waals surface area contributed by atoms with Crippen LogP contribution in [0.2, 0.25) is 5.02 Å². The molecule has 0 aliphatic carbocycles. The van der Waals surface area contributed by atoms with Gasteiger partial charge in [0.25, 0.3) is 5.91 Å². The van der Waals surface area contributed by atoms with Gasteiger partial charge in [0.2, 0.25) is 0 Å². The first kappa shape index (κ1) is 21.2. The Labute approximate surface area is 190 Å². The molecule has 4 aromatic rings. The van der Waals surface area contributed by atoms with Crippen LogP contribution < -0.4 is 5.32 Å². The maximum atomic E-state index is 12.9. The first-order valence-corrected chi connectivity index (χ1v) is 10.3. The average molecular weight is 440 g/mol. The van der Waals surface area contributed by atoms with Crippen molar-refractivity contribution in [3.05, 3.63) is 136 Å². The van der Waals surface area contributed by atoms with Crippen LogP contribution in [0.3, 0.4) is 0 Å². The minimum atomic E-state index is -0.395. The Morgan fingerprint density at radius 1 is 0.562 bits per heavy atom. The summed E-state index contributed by atoms with van der Waals surface area (Å²) in [5.74, 6) is -0.758. The van der Waals surface area contributed by atoms with Gasteiger partial charge in [-0.1, -0.05) is 84.4 Å². The molecule has 5 heteroatoms. The second-order valence-electron chi connectivity index (χ2n) is 7.11. The Bertz CT molecular complexity index is 1280. The van der Waals surface area contributed by atoms with Crippen LogP contribution in [-0.4, -0.2) is 17.5 Å². The molecule has 0 aliphatic rings. The number of halogens is 1. The highest BCUT2D eigenvalue weighted by Crippen LogP contribution is 2.24. The molecule has 32 heavy (non-hydrogen) atoms. The fourth-order valence-corrected chi connectivity index (χ4v) is 3.45. The summed E-state index contributed by atoms with van der Waals surface area (Å²) in [6.07, 6.45) is 0. The quantitative estimate of drug-likeness (QED) is 0.372. The van der Waals surface area contributed by atoms with E-state index in [4.69, 9.17) is 11.6 Å². The summed E-state index contributed by atoms with van der Waals surface area (Å²) in [4.78, 5) is 38.3. The number of rotatable bonds is 6.